The first-order valence-corrected chi connectivity index (χ1v) is 15.9. The molecule has 14 nitrogen and oxygen atoms in total. The number of halogens is 3. The highest BCUT2D eigenvalue weighted by atomic mass is 127. The van der Waals surface area contributed by atoms with Crippen LogP contribution in [0.25, 0.3) is 22.1 Å². The minimum Gasteiger partial charge on any atom is -0.383 e. The van der Waals surface area contributed by atoms with Gasteiger partial charge < -0.3 is 21.7 Å². The van der Waals surface area contributed by atoms with Crippen LogP contribution in [-0.2, 0) is 9.59 Å². The van der Waals surface area contributed by atoms with Gasteiger partial charge in [-0.05, 0) is 101 Å². The van der Waals surface area contributed by atoms with Crippen LogP contribution in [0.5, 0.6) is 0 Å². The Labute approximate surface area is 280 Å². The molecule has 0 saturated carbocycles. The van der Waals surface area contributed by atoms with Crippen LogP contribution >= 0.6 is 56.8 Å². The molecule has 2 atom stereocenters. The summed E-state index contributed by atoms with van der Waals surface area (Å²) in [5, 5.41) is 13.6. The number of nitrogen functional groups attached to an aromatic ring is 2. The molecule has 43 heavy (non-hydrogen) atoms. The average molecular weight is 833 g/mol. The van der Waals surface area contributed by atoms with E-state index in [2.05, 4.69) is 93.8 Å². The summed E-state index contributed by atoms with van der Waals surface area (Å²) in [6.07, 6.45) is 9.53. The second-order valence-corrected chi connectivity index (χ2v) is 12.1. The molecule has 0 aliphatic carbocycles. The van der Waals surface area contributed by atoms with Gasteiger partial charge in [0.25, 0.3) is 0 Å². The fourth-order valence-electron chi connectivity index (χ4n) is 4.94. The minimum atomic E-state index is -0.509. The van der Waals surface area contributed by atoms with Crippen LogP contribution < -0.4 is 16.8 Å². The number of fused-ring (bicyclic) bond motifs is 2. The highest BCUT2D eigenvalue weighted by molar-refractivity contribution is 14.1. The molecule has 6 heterocycles. The molecule has 4 aromatic heterocycles. The lowest BCUT2D eigenvalue weighted by Gasteiger charge is -2.32. The number of rotatable bonds is 4. The highest BCUT2D eigenvalue weighted by Crippen LogP contribution is 2.29. The third-order valence-corrected chi connectivity index (χ3v) is 8.62. The van der Waals surface area contributed by atoms with Gasteiger partial charge in [-0.25, -0.2) is 29.3 Å². The second-order valence-electron chi connectivity index (χ2n) is 9.68. The molecule has 6 rings (SSSR count). The van der Waals surface area contributed by atoms with Gasteiger partial charge >= 0.3 is 0 Å². The number of nitrogens with two attached hydrogens (primary N) is 2. The van der Waals surface area contributed by atoms with Gasteiger partial charge in [0.1, 0.15) is 31.7 Å². The fourth-order valence-corrected chi connectivity index (χ4v) is 6.44. The van der Waals surface area contributed by atoms with Gasteiger partial charge in [-0.3, -0.25) is 9.59 Å². The Morgan fingerprint density at radius 3 is 1.93 bits per heavy atom. The number of carbonyl (C=O) groups is 2. The van der Waals surface area contributed by atoms with E-state index in [1.54, 1.807) is 4.90 Å². The predicted molar refractivity (Wildman–Crippen MR) is 182 cm³/mol. The van der Waals surface area contributed by atoms with Crippen molar-refractivity contribution < 1.29 is 9.59 Å². The minimum absolute atomic E-state index is 0.0417. The lowest BCUT2D eigenvalue weighted by atomic mass is 10.1. The maximum Gasteiger partial charge on any atom is 0.246 e. The molecule has 2 saturated heterocycles. The first kappa shape index (κ1) is 32.9. The average Bonchev–Trinajstić information content (AvgIpc) is 3.55. The molecule has 0 unspecified atom stereocenters. The summed E-state index contributed by atoms with van der Waals surface area (Å²) in [6.45, 7) is 10.0. The molecular formula is C26H31ClI2N12O2. The number of hydrogen-bond acceptors (Lipinski definition) is 11. The molecular weight excluding hydrogens is 802 g/mol. The monoisotopic (exact) mass is 832 g/mol. The first-order chi connectivity index (χ1) is 20.7. The molecule has 0 bridgehead atoms. The highest BCUT2D eigenvalue weighted by Gasteiger charge is 2.27. The fraction of sp³-hybridized carbons (Fsp3) is 0.385. The lowest BCUT2D eigenvalue weighted by Crippen LogP contribution is -2.40. The van der Waals surface area contributed by atoms with E-state index in [9.17, 15) is 9.59 Å². The molecule has 2 fully saturated rings. The third kappa shape index (κ3) is 7.76. The van der Waals surface area contributed by atoms with Crippen LogP contribution in [-0.4, -0.2) is 81.7 Å². The topological polar surface area (TPSA) is 189 Å². The van der Waals surface area contributed by atoms with Gasteiger partial charge in [0, 0.05) is 19.6 Å². The quantitative estimate of drug-likeness (QED) is 0.156. The van der Waals surface area contributed by atoms with Crippen LogP contribution in [0.4, 0.5) is 11.6 Å². The van der Waals surface area contributed by atoms with Crippen molar-refractivity contribution in [1.82, 2.24) is 49.7 Å². The molecule has 4 aromatic rings. The summed E-state index contributed by atoms with van der Waals surface area (Å²) in [4.78, 5) is 39.7. The van der Waals surface area contributed by atoms with Gasteiger partial charge in [-0.1, -0.05) is 13.2 Å². The number of aromatic nitrogens is 8. The van der Waals surface area contributed by atoms with Crippen LogP contribution in [0.3, 0.4) is 0 Å². The summed E-state index contributed by atoms with van der Waals surface area (Å²) in [5.41, 5.74) is 13.4. The maximum atomic E-state index is 11.8. The van der Waals surface area contributed by atoms with Crippen molar-refractivity contribution in [1.29, 1.82) is 0 Å². The van der Waals surface area contributed by atoms with Crippen molar-refractivity contribution in [2.75, 3.05) is 37.6 Å². The van der Waals surface area contributed by atoms with Crippen molar-refractivity contribution in [3.8, 4) is 0 Å². The molecule has 2 aliphatic heterocycles. The molecule has 5 N–H and O–H groups in total. The Hall–Kier alpha value is -2.97. The van der Waals surface area contributed by atoms with Crippen LogP contribution in [0.2, 0.25) is 0 Å². The van der Waals surface area contributed by atoms with Gasteiger partial charge in [0.05, 0.1) is 22.9 Å². The van der Waals surface area contributed by atoms with E-state index in [4.69, 9.17) is 23.1 Å². The largest absolute Gasteiger partial charge is 0.383 e. The van der Waals surface area contributed by atoms with Gasteiger partial charge in [-0.2, -0.15) is 10.2 Å². The van der Waals surface area contributed by atoms with Crippen molar-refractivity contribution in [2.24, 2.45) is 0 Å². The molecule has 2 aliphatic rings. The Bertz CT molecular complexity index is 1640. The van der Waals surface area contributed by atoms with E-state index in [-0.39, 0.29) is 11.9 Å². The summed E-state index contributed by atoms with van der Waals surface area (Å²) < 4.78 is 5.52. The van der Waals surface area contributed by atoms with Crippen molar-refractivity contribution >= 4 is 102 Å². The standard InChI is InChI=1S/C13H15IN6O.C10H13IN6.C3H3ClO/c1-2-9(21)19-5-3-4-8(6-19)20-13-10(11(14)18-20)12(15)16-7-17-13;11-8-7-9(12)14-5-15-10(7)17(16-8)6-2-1-3-13-4-6;1-2-3(4)5/h2,7-8H,1,3-6H2,(H2,15,16,17);5-6,13H,1-4H2,(H2,12,14,15);2H,1H2/t8-;6-;/m11./s1. The number of hydrogen-bond donors (Lipinski definition) is 3. The van der Waals surface area contributed by atoms with E-state index in [1.165, 1.54) is 25.2 Å². The molecule has 228 valence electrons. The van der Waals surface area contributed by atoms with Gasteiger partial charge in [0.15, 0.2) is 11.3 Å². The number of carbonyl (C=O) groups excluding carboxylic acids is 2. The van der Waals surface area contributed by atoms with Crippen LogP contribution in [0.15, 0.2) is 38.0 Å². The Morgan fingerprint density at radius 2 is 1.44 bits per heavy atom. The normalized spacial score (nSPS) is 18.3. The summed E-state index contributed by atoms with van der Waals surface area (Å²) in [5.74, 6) is 0.903. The molecule has 1 amide bonds. The summed E-state index contributed by atoms with van der Waals surface area (Å²) in [7, 11) is 0. The predicted octanol–water partition coefficient (Wildman–Crippen LogP) is 3.24. The number of amides is 1. The molecule has 0 radical (unpaired) electrons. The lowest BCUT2D eigenvalue weighted by molar-refractivity contribution is -0.127. The van der Waals surface area contributed by atoms with Crippen LogP contribution in [0, 0.1) is 7.40 Å². The number of likely N-dealkylation sites (tertiary alicyclic amines) is 1. The van der Waals surface area contributed by atoms with Gasteiger partial charge in [-0.15, -0.1) is 0 Å². The second kappa shape index (κ2) is 15.2. The third-order valence-electron chi connectivity index (χ3n) is 6.96. The van der Waals surface area contributed by atoms with E-state index in [1.807, 2.05) is 9.36 Å². The Kier molecular flexibility index (Phi) is 11.6. The number of nitrogens with one attached hydrogen (secondary N) is 1. The van der Waals surface area contributed by atoms with E-state index in [0.717, 1.165) is 74.4 Å². The van der Waals surface area contributed by atoms with Crippen molar-refractivity contribution in [3.05, 3.63) is 45.4 Å². The Morgan fingerprint density at radius 1 is 0.907 bits per heavy atom. The van der Waals surface area contributed by atoms with E-state index < -0.39 is 5.24 Å². The van der Waals surface area contributed by atoms with E-state index >= 15 is 0 Å². The summed E-state index contributed by atoms with van der Waals surface area (Å²) >= 11 is 9.03. The zero-order valence-corrected chi connectivity index (χ0v) is 28.2. The number of nitrogens with zero attached hydrogens (tertiary/aromatic N) is 9. The molecule has 0 aromatic carbocycles. The maximum absolute atomic E-state index is 11.8. The Balaban J connectivity index is 0.000000173. The van der Waals surface area contributed by atoms with E-state index in [0.29, 0.717) is 24.2 Å². The number of allylic oxidation sites excluding steroid dienone is 1. The SMILES string of the molecule is C=CC(=O)Cl.C=CC(=O)N1CCC[C@@H](n2nc(I)c3c(N)ncnc32)C1.Nc1ncnc2c1c(I)nn2[C@@H]1CCCNC1. The van der Waals surface area contributed by atoms with Crippen LogP contribution in [0.1, 0.15) is 37.8 Å². The van der Waals surface area contributed by atoms with Crippen molar-refractivity contribution in [2.45, 2.75) is 37.8 Å². The number of piperidine rings is 2. The molecule has 17 heteroatoms. The zero-order valence-electron chi connectivity index (χ0n) is 23.2. The smallest absolute Gasteiger partial charge is 0.246 e. The number of anilines is 2. The van der Waals surface area contributed by atoms with Crippen molar-refractivity contribution in [3.63, 3.8) is 0 Å². The molecule has 0 spiro atoms. The van der Waals surface area contributed by atoms with Gasteiger partial charge in [0.2, 0.25) is 11.1 Å². The first-order valence-electron chi connectivity index (χ1n) is 13.4. The summed E-state index contributed by atoms with van der Waals surface area (Å²) in [6, 6.07) is 0.465. The zero-order chi connectivity index (χ0) is 31.1.